The fraction of sp³-hybridized carbons (Fsp3) is 0.172. The Labute approximate surface area is 251 Å². The third-order valence-corrected chi connectivity index (χ3v) is 5.92. The van der Waals surface area contributed by atoms with E-state index in [1.807, 2.05) is 0 Å². The Morgan fingerprint density at radius 2 is 2.00 bits per heavy atom. The van der Waals surface area contributed by atoms with Gasteiger partial charge in [0.05, 0.1) is 28.2 Å². The van der Waals surface area contributed by atoms with Crippen LogP contribution in [0.4, 0.5) is 15.9 Å². The molecule has 0 unspecified atom stereocenters. The molecule has 0 spiro atoms. The molecule has 0 amide bonds. The van der Waals surface area contributed by atoms with Crippen molar-refractivity contribution in [1.82, 2.24) is 15.3 Å². The van der Waals surface area contributed by atoms with E-state index >= 15 is 0 Å². The molecule has 5 rings (SSSR count). The van der Waals surface area contributed by atoms with E-state index in [0.29, 0.717) is 22.2 Å². The van der Waals surface area contributed by atoms with Gasteiger partial charge in [0, 0.05) is 38.9 Å². The van der Waals surface area contributed by atoms with Gasteiger partial charge in [-0.25, -0.2) is 22.8 Å². The summed E-state index contributed by atoms with van der Waals surface area (Å²) in [5.74, 6) is -0.882. The molecule has 40 heavy (non-hydrogen) atoms. The van der Waals surface area contributed by atoms with Crippen LogP contribution >= 0.6 is 11.6 Å². The van der Waals surface area contributed by atoms with Gasteiger partial charge in [-0.2, -0.15) is 0 Å². The fourth-order valence-corrected chi connectivity index (χ4v) is 3.92. The summed E-state index contributed by atoms with van der Waals surface area (Å²) in [6, 6.07) is 16.5. The number of ether oxygens (including phenoxy) is 1. The first-order valence-corrected chi connectivity index (χ1v) is 13.2. The van der Waals surface area contributed by atoms with Crippen LogP contribution in [0.15, 0.2) is 83.5 Å². The minimum Gasteiger partial charge on any atom is -0.487 e. The van der Waals surface area contributed by atoms with E-state index in [4.69, 9.17) is 35.8 Å². The molecule has 0 saturated carbocycles. The molecule has 0 fully saturated rings. The summed E-state index contributed by atoms with van der Waals surface area (Å²) < 4.78 is 135. The van der Waals surface area contributed by atoms with Crippen molar-refractivity contribution in [3.63, 3.8) is 0 Å². The van der Waals surface area contributed by atoms with E-state index in [-0.39, 0.29) is 27.9 Å². The van der Waals surface area contributed by atoms with Crippen molar-refractivity contribution in [3.05, 3.63) is 101 Å². The zero-order valence-electron chi connectivity index (χ0n) is 31.2. The summed E-state index contributed by atoms with van der Waals surface area (Å²) in [7, 11) is -5.76. The highest BCUT2D eigenvalue weighted by Gasteiger charge is 2.11. The summed E-state index contributed by atoms with van der Waals surface area (Å²) in [5.41, 5.74) is -2.87. The maximum Gasteiger partial charge on any atom is 0.148 e. The Kier molecular flexibility index (Phi) is 5.10. The highest BCUT2D eigenvalue weighted by molar-refractivity contribution is 7.90. The van der Waals surface area contributed by atoms with Crippen LogP contribution < -0.4 is 15.4 Å². The molecule has 0 aliphatic carbocycles. The molecule has 3 aromatic carbocycles. The number of sulfone groups is 1. The zero-order valence-corrected chi connectivity index (χ0v) is 21.8. The monoisotopic (exact) mass is 591 g/mol. The van der Waals surface area contributed by atoms with E-state index in [1.165, 1.54) is 42.7 Å². The van der Waals surface area contributed by atoms with Gasteiger partial charge in [-0.15, -0.1) is 0 Å². The number of halogens is 2. The predicted molar refractivity (Wildman–Crippen MR) is 154 cm³/mol. The van der Waals surface area contributed by atoms with Gasteiger partial charge in [-0.1, -0.05) is 23.7 Å². The smallest absolute Gasteiger partial charge is 0.148 e. The van der Waals surface area contributed by atoms with E-state index in [2.05, 4.69) is 15.3 Å². The lowest BCUT2D eigenvalue weighted by Gasteiger charge is -2.12. The minimum atomic E-state index is -5.76. The highest BCUT2D eigenvalue weighted by atomic mass is 35.5. The zero-order chi connectivity index (χ0) is 37.8. The molecule has 0 aliphatic rings. The third kappa shape index (κ3) is 7.15. The second kappa shape index (κ2) is 12.0. The van der Waals surface area contributed by atoms with Crippen molar-refractivity contribution in [3.8, 4) is 17.1 Å². The number of nitrogens with zero attached hydrogens (tertiary/aromatic N) is 2. The van der Waals surface area contributed by atoms with Crippen molar-refractivity contribution in [1.29, 1.82) is 0 Å². The molecule has 2 N–H and O–H groups in total. The standard InChI is InChI=1S/C29H26ClFN4O4S/c1-40(36,37)12-11-32-16-23-7-10-27(39-23)20-5-8-26-24(14-20)29(34-18-33-26)35-22-6-9-28(25(30)15-22)38-17-19-3-2-4-21(31)13-19/h2-10,13-15,18,32H,11-12,16-17H2,1H3,(H,33,34,35)/i1D3,11D2,12D2,16D2,17D2. The Morgan fingerprint density at radius 3 is 2.83 bits per heavy atom. The van der Waals surface area contributed by atoms with Crippen LogP contribution in [-0.2, 0) is 22.9 Å². The van der Waals surface area contributed by atoms with Gasteiger partial charge in [0.15, 0.2) is 0 Å². The van der Waals surface area contributed by atoms with Gasteiger partial charge in [0.25, 0.3) is 0 Å². The largest absolute Gasteiger partial charge is 0.487 e. The molecule has 5 aromatic rings. The minimum absolute atomic E-state index is 0.0163. The molecule has 0 aliphatic heterocycles. The number of hydrogen-bond acceptors (Lipinski definition) is 8. The van der Waals surface area contributed by atoms with Crippen LogP contribution in [-0.4, -0.2) is 36.8 Å². The number of fused-ring (bicyclic) bond motifs is 1. The predicted octanol–water partition coefficient (Wildman–Crippen LogP) is 6.14. The number of furan rings is 1. The summed E-state index contributed by atoms with van der Waals surface area (Å²) in [5, 5.41) is 5.18. The maximum absolute atomic E-state index is 13.7. The van der Waals surface area contributed by atoms with Crippen LogP contribution in [0.2, 0.25) is 5.02 Å². The summed E-state index contributed by atoms with van der Waals surface area (Å²) in [6.45, 7) is -9.17. The number of aromatic nitrogens is 2. The molecule has 2 aromatic heterocycles. The Morgan fingerprint density at radius 1 is 1.10 bits per heavy atom. The van der Waals surface area contributed by atoms with Crippen molar-refractivity contribution in [2.45, 2.75) is 13.1 Å². The van der Waals surface area contributed by atoms with Crippen molar-refractivity contribution in [2.24, 2.45) is 0 Å². The van der Waals surface area contributed by atoms with Gasteiger partial charge in [0.2, 0.25) is 0 Å². The number of benzene rings is 3. The number of anilines is 2. The van der Waals surface area contributed by atoms with Crippen LogP contribution in [0.3, 0.4) is 0 Å². The fourth-order valence-electron chi connectivity index (χ4n) is 3.52. The summed E-state index contributed by atoms with van der Waals surface area (Å²) >= 11 is 6.40. The SMILES string of the molecule is [2H]C([2H])(NC([2H])([2H])C([2H])([2H])S(=O)(=O)C([2H])([2H])[2H])c1ccc(-c2ccc3ncnc(Nc4ccc(OC([2H])([2H])c5cccc(F)c5)c(Cl)c4)c3c2)o1. The van der Waals surface area contributed by atoms with Gasteiger partial charge >= 0.3 is 0 Å². The molecule has 8 nitrogen and oxygen atoms in total. The highest BCUT2D eigenvalue weighted by Crippen LogP contribution is 2.32. The average Bonchev–Trinajstić information content (AvgIpc) is 3.53. The van der Waals surface area contributed by atoms with Crippen LogP contribution in [0, 0.1) is 5.82 Å². The van der Waals surface area contributed by atoms with E-state index < -0.39 is 52.9 Å². The number of nitrogens with one attached hydrogen (secondary N) is 2. The van der Waals surface area contributed by atoms with Crippen LogP contribution in [0.5, 0.6) is 5.75 Å². The molecular formula is C29H26ClFN4O4S. The molecule has 206 valence electrons. The topological polar surface area (TPSA) is 106 Å². The van der Waals surface area contributed by atoms with Crippen molar-refractivity contribution >= 4 is 43.8 Å². The Balaban J connectivity index is 1.38. The summed E-state index contributed by atoms with van der Waals surface area (Å²) in [4.78, 5) is 8.52. The summed E-state index contributed by atoms with van der Waals surface area (Å²) in [6.07, 6.45) is -2.63. The molecular weight excluding hydrogens is 555 g/mol. The molecule has 11 heteroatoms. The van der Waals surface area contributed by atoms with E-state index in [9.17, 15) is 12.8 Å². The normalized spacial score (nSPS) is 17.4. The first-order valence-electron chi connectivity index (χ1n) is 16.9. The second-order valence-electron chi connectivity index (χ2n) is 8.08. The molecule has 0 atom stereocenters. The Hall–Kier alpha value is -3.99. The molecule has 2 heterocycles. The van der Waals surface area contributed by atoms with Crippen molar-refractivity contribution in [2.75, 3.05) is 23.7 Å². The average molecular weight is 592 g/mol. The first-order chi connectivity index (χ1) is 23.4. The van der Waals surface area contributed by atoms with Crippen LogP contribution in [0.25, 0.3) is 22.2 Å². The van der Waals surface area contributed by atoms with Crippen molar-refractivity contribution < 1.29 is 37.0 Å². The number of rotatable bonds is 11. The second-order valence-corrected chi connectivity index (χ2v) is 9.70. The Bertz CT molecular complexity index is 2220. The molecule has 0 radical (unpaired) electrons. The van der Waals surface area contributed by atoms with E-state index in [0.717, 1.165) is 12.1 Å². The van der Waals surface area contributed by atoms with E-state index in [1.54, 1.807) is 29.6 Å². The lowest BCUT2D eigenvalue weighted by Crippen LogP contribution is -2.21. The third-order valence-electron chi connectivity index (χ3n) is 5.26. The molecule has 0 bridgehead atoms. The first kappa shape index (κ1) is 17.0. The lowest BCUT2D eigenvalue weighted by atomic mass is 10.1. The van der Waals surface area contributed by atoms with Gasteiger partial charge in [0.1, 0.15) is 51.6 Å². The van der Waals surface area contributed by atoms with Gasteiger partial charge in [-0.05, 0) is 66.2 Å². The number of hydrogen-bond donors (Lipinski definition) is 2. The maximum atomic E-state index is 13.7. The lowest BCUT2D eigenvalue weighted by molar-refractivity contribution is 0.306. The van der Waals surface area contributed by atoms with Gasteiger partial charge < -0.3 is 19.8 Å². The van der Waals surface area contributed by atoms with Crippen LogP contribution in [0.1, 0.15) is 26.4 Å². The molecule has 0 saturated heterocycles. The van der Waals surface area contributed by atoms with Gasteiger partial charge in [-0.3, -0.25) is 0 Å². The quantitative estimate of drug-likeness (QED) is 0.189.